The minimum absolute atomic E-state index is 0.00543. The molecule has 5 heteroatoms. The third-order valence-corrected chi connectivity index (χ3v) is 3.54. The van der Waals surface area contributed by atoms with Gasteiger partial charge in [-0.3, -0.25) is 4.79 Å². The highest BCUT2D eigenvalue weighted by Gasteiger charge is 2.28. The number of rotatable bonds is 3. The van der Waals surface area contributed by atoms with Crippen molar-refractivity contribution in [1.29, 1.82) is 0 Å². The molecule has 0 saturated carbocycles. The molecule has 0 aliphatic carbocycles. The smallest absolute Gasteiger partial charge is 0.263 e. The van der Waals surface area contributed by atoms with Crippen LogP contribution in [0.4, 0.5) is 0 Å². The maximum Gasteiger partial charge on any atom is 0.263 e. The lowest BCUT2D eigenvalue weighted by molar-refractivity contribution is -0.136. The summed E-state index contributed by atoms with van der Waals surface area (Å²) in [7, 11) is 0. The Hall–Kier alpha value is -1.07. The van der Waals surface area contributed by atoms with Crippen molar-refractivity contribution < 1.29 is 9.53 Å². The van der Waals surface area contributed by atoms with Gasteiger partial charge in [0.05, 0.1) is 0 Å². The normalized spacial score (nSPS) is 20.8. The molecule has 1 aromatic rings. The highest BCUT2D eigenvalue weighted by atomic mass is 79.9. The van der Waals surface area contributed by atoms with E-state index in [1.807, 2.05) is 24.3 Å². The van der Waals surface area contributed by atoms with Crippen molar-refractivity contribution >= 4 is 21.8 Å². The van der Waals surface area contributed by atoms with Gasteiger partial charge in [-0.05, 0) is 37.6 Å². The Labute approximate surface area is 115 Å². The Morgan fingerprint density at radius 1 is 1.50 bits per heavy atom. The maximum atomic E-state index is 12.1. The van der Waals surface area contributed by atoms with E-state index in [9.17, 15) is 4.79 Å². The van der Waals surface area contributed by atoms with Gasteiger partial charge in [0.1, 0.15) is 5.75 Å². The van der Waals surface area contributed by atoms with Crippen LogP contribution in [0.5, 0.6) is 5.75 Å². The van der Waals surface area contributed by atoms with E-state index in [2.05, 4.69) is 15.9 Å². The SMILES string of the molecule is C[C@@H](Oc1ccc(Br)cc1)C(=O)N1CC[C@@H](N)C1. The van der Waals surface area contributed by atoms with Crippen LogP contribution in [0.3, 0.4) is 0 Å². The molecule has 1 aliphatic rings. The topological polar surface area (TPSA) is 55.6 Å². The Kier molecular flexibility index (Phi) is 4.24. The molecular weight excluding hydrogens is 296 g/mol. The molecule has 1 amide bonds. The van der Waals surface area contributed by atoms with Crippen LogP contribution in [-0.2, 0) is 4.79 Å². The molecule has 1 aromatic carbocycles. The number of ether oxygens (including phenoxy) is 1. The van der Waals surface area contributed by atoms with E-state index in [0.29, 0.717) is 12.3 Å². The number of nitrogens with zero attached hydrogens (tertiary/aromatic N) is 1. The first kappa shape index (κ1) is 13.4. The highest BCUT2D eigenvalue weighted by molar-refractivity contribution is 9.10. The van der Waals surface area contributed by atoms with Crippen molar-refractivity contribution in [3.63, 3.8) is 0 Å². The van der Waals surface area contributed by atoms with Crippen LogP contribution >= 0.6 is 15.9 Å². The standard InChI is InChI=1S/C13H17BrN2O2/c1-9(13(17)16-7-6-11(15)8-16)18-12-4-2-10(14)3-5-12/h2-5,9,11H,6-8,15H2,1H3/t9-,11-/m1/s1. The highest BCUT2D eigenvalue weighted by Crippen LogP contribution is 2.18. The molecule has 0 radical (unpaired) electrons. The first-order valence-corrected chi connectivity index (χ1v) is 6.82. The number of hydrogen-bond donors (Lipinski definition) is 1. The monoisotopic (exact) mass is 312 g/mol. The van der Waals surface area contributed by atoms with E-state index in [0.717, 1.165) is 17.4 Å². The second-order valence-corrected chi connectivity index (χ2v) is 5.46. The van der Waals surface area contributed by atoms with Crippen molar-refractivity contribution in [2.75, 3.05) is 13.1 Å². The fourth-order valence-electron chi connectivity index (χ4n) is 2.01. The van der Waals surface area contributed by atoms with Gasteiger partial charge >= 0.3 is 0 Å². The molecule has 1 saturated heterocycles. The Balaban J connectivity index is 1.93. The van der Waals surface area contributed by atoms with Crippen LogP contribution in [0.2, 0.25) is 0 Å². The van der Waals surface area contributed by atoms with E-state index in [1.54, 1.807) is 11.8 Å². The molecule has 0 bridgehead atoms. The summed E-state index contributed by atoms with van der Waals surface area (Å²) in [6, 6.07) is 7.55. The second kappa shape index (κ2) is 5.71. The summed E-state index contributed by atoms with van der Waals surface area (Å²) in [5.41, 5.74) is 5.79. The zero-order valence-corrected chi connectivity index (χ0v) is 11.9. The van der Waals surface area contributed by atoms with Crippen molar-refractivity contribution in [3.05, 3.63) is 28.7 Å². The molecule has 98 valence electrons. The Morgan fingerprint density at radius 3 is 2.72 bits per heavy atom. The molecule has 2 rings (SSSR count). The molecule has 18 heavy (non-hydrogen) atoms. The third kappa shape index (κ3) is 3.23. The van der Waals surface area contributed by atoms with E-state index >= 15 is 0 Å². The molecule has 4 nitrogen and oxygen atoms in total. The number of benzene rings is 1. The fraction of sp³-hybridized carbons (Fsp3) is 0.462. The van der Waals surface area contributed by atoms with E-state index < -0.39 is 6.10 Å². The number of nitrogens with two attached hydrogens (primary N) is 1. The Bertz CT molecular complexity index is 422. The van der Waals surface area contributed by atoms with Gasteiger partial charge in [0.2, 0.25) is 0 Å². The van der Waals surface area contributed by atoms with Gasteiger partial charge in [-0.2, -0.15) is 0 Å². The lowest BCUT2D eigenvalue weighted by atomic mass is 10.3. The van der Waals surface area contributed by atoms with E-state index in [1.165, 1.54) is 0 Å². The molecule has 0 spiro atoms. The van der Waals surface area contributed by atoms with E-state index in [-0.39, 0.29) is 11.9 Å². The molecule has 1 heterocycles. The maximum absolute atomic E-state index is 12.1. The van der Waals surface area contributed by atoms with Crippen molar-refractivity contribution in [3.8, 4) is 5.75 Å². The number of amides is 1. The minimum atomic E-state index is -0.475. The fourth-order valence-corrected chi connectivity index (χ4v) is 2.28. The van der Waals surface area contributed by atoms with Gasteiger partial charge in [0, 0.05) is 23.6 Å². The van der Waals surface area contributed by atoms with Crippen molar-refractivity contribution in [1.82, 2.24) is 4.90 Å². The third-order valence-electron chi connectivity index (χ3n) is 3.01. The second-order valence-electron chi connectivity index (χ2n) is 4.55. The summed E-state index contributed by atoms with van der Waals surface area (Å²) in [4.78, 5) is 13.9. The van der Waals surface area contributed by atoms with E-state index in [4.69, 9.17) is 10.5 Å². The number of carbonyl (C=O) groups excluding carboxylic acids is 1. The van der Waals surface area contributed by atoms with Crippen LogP contribution in [0, 0.1) is 0 Å². The molecule has 0 unspecified atom stereocenters. The average Bonchev–Trinajstić information content (AvgIpc) is 2.78. The zero-order valence-electron chi connectivity index (χ0n) is 10.3. The van der Waals surface area contributed by atoms with Gasteiger partial charge in [-0.25, -0.2) is 0 Å². The molecule has 1 aliphatic heterocycles. The van der Waals surface area contributed by atoms with Crippen LogP contribution in [0.15, 0.2) is 28.7 Å². The summed E-state index contributed by atoms with van der Waals surface area (Å²) < 4.78 is 6.61. The van der Waals surface area contributed by atoms with Crippen LogP contribution in [0.25, 0.3) is 0 Å². The summed E-state index contributed by atoms with van der Waals surface area (Å²) in [5, 5.41) is 0. The largest absolute Gasteiger partial charge is 0.481 e. The van der Waals surface area contributed by atoms with Crippen LogP contribution < -0.4 is 10.5 Å². The first-order valence-electron chi connectivity index (χ1n) is 6.03. The van der Waals surface area contributed by atoms with Crippen LogP contribution in [0.1, 0.15) is 13.3 Å². The molecular formula is C13H17BrN2O2. The average molecular weight is 313 g/mol. The van der Waals surface area contributed by atoms with Crippen LogP contribution in [-0.4, -0.2) is 36.0 Å². The molecule has 2 atom stereocenters. The zero-order chi connectivity index (χ0) is 13.1. The quantitative estimate of drug-likeness (QED) is 0.925. The molecule has 1 fully saturated rings. The number of halogens is 1. The van der Waals surface area contributed by atoms with Gasteiger partial charge in [0.15, 0.2) is 6.10 Å². The van der Waals surface area contributed by atoms with Crippen molar-refractivity contribution in [2.45, 2.75) is 25.5 Å². The predicted octanol–water partition coefficient (Wildman–Crippen LogP) is 1.78. The van der Waals surface area contributed by atoms with Gasteiger partial charge < -0.3 is 15.4 Å². The Morgan fingerprint density at radius 2 is 2.17 bits per heavy atom. The van der Waals surface area contributed by atoms with Crippen molar-refractivity contribution in [2.24, 2.45) is 5.73 Å². The molecule has 0 aromatic heterocycles. The lowest BCUT2D eigenvalue weighted by Gasteiger charge is -2.21. The molecule has 2 N–H and O–H groups in total. The summed E-state index contributed by atoms with van der Waals surface area (Å²) in [6.45, 7) is 3.13. The minimum Gasteiger partial charge on any atom is -0.481 e. The van der Waals surface area contributed by atoms with Gasteiger partial charge in [-0.15, -0.1) is 0 Å². The van der Waals surface area contributed by atoms with Gasteiger partial charge in [0.25, 0.3) is 5.91 Å². The summed E-state index contributed by atoms with van der Waals surface area (Å²) in [6.07, 6.45) is 0.396. The predicted molar refractivity (Wildman–Crippen MR) is 73.4 cm³/mol. The summed E-state index contributed by atoms with van der Waals surface area (Å²) in [5.74, 6) is 0.702. The first-order chi connectivity index (χ1) is 8.56. The summed E-state index contributed by atoms with van der Waals surface area (Å²) >= 11 is 3.36. The van der Waals surface area contributed by atoms with Gasteiger partial charge in [-0.1, -0.05) is 15.9 Å². The number of hydrogen-bond acceptors (Lipinski definition) is 3. The number of carbonyl (C=O) groups is 1. The lowest BCUT2D eigenvalue weighted by Crippen LogP contribution is -2.40. The number of likely N-dealkylation sites (tertiary alicyclic amines) is 1.